The Morgan fingerprint density at radius 1 is 1.24 bits per heavy atom. The van der Waals surface area contributed by atoms with Gasteiger partial charge in [-0.15, -0.1) is 0 Å². The standard InChI is InChI=1S/C16H24N2O3/c1-13-10-14(4-5-15(13)21-2)11-17-6-3-7-18(9-8-17)12-16(19)20/h4-5,10H,3,6-9,11-12H2,1-2H3,(H,19,20). The molecule has 1 saturated heterocycles. The lowest BCUT2D eigenvalue weighted by Gasteiger charge is -2.21. The number of methoxy groups -OCH3 is 1. The lowest BCUT2D eigenvalue weighted by Crippen LogP contribution is -2.34. The van der Waals surface area contributed by atoms with E-state index in [1.165, 1.54) is 5.56 Å². The van der Waals surface area contributed by atoms with Crippen molar-refractivity contribution in [3.05, 3.63) is 29.3 Å². The second-order valence-electron chi connectivity index (χ2n) is 5.60. The maximum Gasteiger partial charge on any atom is 0.317 e. The van der Waals surface area contributed by atoms with Crippen LogP contribution in [0.25, 0.3) is 0 Å². The van der Waals surface area contributed by atoms with Crippen LogP contribution in [-0.2, 0) is 11.3 Å². The Morgan fingerprint density at radius 3 is 2.62 bits per heavy atom. The fraction of sp³-hybridized carbons (Fsp3) is 0.562. The van der Waals surface area contributed by atoms with Crippen LogP contribution < -0.4 is 4.74 Å². The first-order chi connectivity index (χ1) is 10.1. The van der Waals surface area contributed by atoms with Crippen LogP contribution in [0.2, 0.25) is 0 Å². The highest BCUT2D eigenvalue weighted by Gasteiger charge is 2.16. The van der Waals surface area contributed by atoms with Gasteiger partial charge in [0.25, 0.3) is 0 Å². The first-order valence-electron chi connectivity index (χ1n) is 7.38. The maximum atomic E-state index is 10.8. The van der Waals surface area contributed by atoms with Gasteiger partial charge in [0, 0.05) is 26.2 Å². The molecule has 0 aliphatic carbocycles. The predicted octanol–water partition coefficient (Wildman–Crippen LogP) is 1.60. The van der Waals surface area contributed by atoms with Crippen molar-refractivity contribution in [3.8, 4) is 5.75 Å². The molecule has 1 heterocycles. The summed E-state index contributed by atoms with van der Waals surface area (Å²) in [6.07, 6.45) is 1.02. The number of benzene rings is 1. The summed E-state index contributed by atoms with van der Waals surface area (Å²) >= 11 is 0. The maximum absolute atomic E-state index is 10.8. The van der Waals surface area contributed by atoms with Crippen LogP contribution in [0.1, 0.15) is 17.5 Å². The van der Waals surface area contributed by atoms with Crippen LogP contribution in [0.5, 0.6) is 5.75 Å². The summed E-state index contributed by atoms with van der Waals surface area (Å²) in [6, 6.07) is 6.28. The van der Waals surface area contributed by atoms with Crippen molar-refractivity contribution in [3.63, 3.8) is 0 Å². The van der Waals surface area contributed by atoms with Gasteiger partial charge in [0.05, 0.1) is 13.7 Å². The summed E-state index contributed by atoms with van der Waals surface area (Å²) in [7, 11) is 1.69. The predicted molar refractivity (Wildman–Crippen MR) is 81.7 cm³/mol. The smallest absolute Gasteiger partial charge is 0.317 e. The summed E-state index contributed by atoms with van der Waals surface area (Å²) in [5, 5.41) is 8.87. The molecule has 1 fully saturated rings. The fourth-order valence-corrected chi connectivity index (χ4v) is 2.83. The Hall–Kier alpha value is -1.59. The van der Waals surface area contributed by atoms with Crippen molar-refractivity contribution >= 4 is 5.97 Å². The van der Waals surface area contributed by atoms with Crippen molar-refractivity contribution in [2.45, 2.75) is 19.9 Å². The van der Waals surface area contributed by atoms with Crippen LogP contribution in [0.15, 0.2) is 18.2 Å². The first kappa shape index (κ1) is 15.8. The van der Waals surface area contributed by atoms with Crippen LogP contribution in [0, 0.1) is 6.92 Å². The highest BCUT2D eigenvalue weighted by atomic mass is 16.5. The molecule has 0 unspecified atom stereocenters. The van der Waals surface area contributed by atoms with Gasteiger partial charge in [0.1, 0.15) is 5.75 Å². The van der Waals surface area contributed by atoms with Gasteiger partial charge in [-0.3, -0.25) is 14.6 Å². The Balaban J connectivity index is 1.91. The molecular weight excluding hydrogens is 268 g/mol. The van der Waals surface area contributed by atoms with Crippen molar-refractivity contribution in [1.82, 2.24) is 9.80 Å². The summed E-state index contributed by atoms with van der Waals surface area (Å²) in [5.74, 6) is 0.177. The minimum Gasteiger partial charge on any atom is -0.496 e. The van der Waals surface area contributed by atoms with Crippen LogP contribution >= 0.6 is 0 Å². The SMILES string of the molecule is COc1ccc(CN2CCCN(CC(=O)O)CC2)cc1C. The molecule has 2 rings (SSSR count). The normalized spacial score (nSPS) is 17.4. The molecule has 0 bridgehead atoms. The van der Waals surface area contributed by atoms with Crippen LogP contribution in [0.4, 0.5) is 0 Å². The zero-order valence-corrected chi connectivity index (χ0v) is 12.8. The summed E-state index contributed by atoms with van der Waals surface area (Å²) in [4.78, 5) is 15.2. The van der Waals surface area contributed by atoms with E-state index in [9.17, 15) is 4.79 Å². The third-order valence-electron chi connectivity index (χ3n) is 3.91. The van der Waals surface area contributed by atoms with E-state index in [1.807, 2.05) is 11.0 Å². The molecule has 1 aliphatic heterocycles. The van der Waals surface area contributed by atoms with E-state index in [-0.39, 0.29) is 6.54 Å². The average Bonchev–Trinajstić information content (AvgIpc) is 2.64. The van der Waals surface area contributed by atoms with Gasteiger partial charge < -0.3 is 9.84 Å². The van der Waals surface area contributed by atoms with Gasteiger partial charge in [0.15, 0.2) is 0 Å². The topological polar surface area (TPSA) is 53.0 Å². The molecule has 1 aromatic carbocycles. The number of carboxylic acid groups (broad SMARTS) is 1. The molecule has 0 amide bonds. The second kappa shape index (κ2) is 7.43. The number of nitrogens with zero attached hydrogens (tertiary/aromatic N) is 2. The Kier molecular flexibility index (Phi) is 5.59. The Labute approximate surface area is 126 Å². The molecule has 0 spiro atoms. The lowest BCUT2D eigenvalue weighted by atomic mass is 10.1. The molecule has 1 aromatic rings. The molecule has 5 nitrogen and oxygen atoms in total. The van der Waals surface area contributed by atoms with Crippen molar-refractivity contribution < 1.29 is 14.6 Å². The van der Waals surface area contributed by atoms with E-state index in [0.29, 0.717) is 0 Å². The van der Waals surface area contributed by atoms with Gasteiger partial charge in [-0.1, -0.05) is 12.1 Å². The number of hydrogen-bond donors (Lipinski definition) is 1. The Bertz CT molecular complexity index is 490. The van der Waals surface area contributed by atoms with E-state index in [4.69, 9.17) is 9.84 Å². The fourth-order valence-electron chi connectivity index (χ4n) is 2.83. The molecule has 116 valence electrons. The summed E-state index contributed by atoms with van der Waals surface area (Å²) < 4.78 is 5.29. The molecule has 0 atom stereocenters. The number of aryl methyl sites for hydroxylation is 1. The van der Waals surface area contributed by atoms with Crippen molar-refractivity contribution in [2.75, 3.05) is 39.8 Å². The van der Waals surface area contributed by atoms with E-state index < -0.39 is 5.97 Å². The highest BCUT2D eigenvalue weighted by Crippen LogP contribution is 2.19. The molecular formula is C16H24N2O3. The number of carboxylic acids is 1. The van der Waals surface area contributed by atoms with Gasteiger partial charge >= 0.3 is 5.97 Å². The van der Waals surface area contributed by atoms with E-state index in [0.717, 1.165) is 50.5 Å². The zero-order valence-electron chi connectivity index (χ0n) is 12.8. The third-order valence-corrected chi connectivity index (χ3v) is 3.91. The van der Waals surface area contributed by atoms with Gasteiger partial charge in [-0.2, -0.15) is 0 Å². The van der Waals surface area contributed by atoms with E-state index in [1.54, 1.807) is 7.11 Å². The number of ether oxygens (including phenoxy) is 1. The summed E-state index contributed by atoms with van der Waals surface area (Å²) in [6.45, 7) is 6.73. The summed E-state index contributed by atoms with van der Waals surface area (Å²) in [5.41, 5.74) is 2.43. The number of carbonyl (C=O) groups is 1. The monoisotopic (exact) mass is 292 g/mol. The average molecular weight is 292 g/mol. The van der Waals surface area contributed by atoms with Gasteiger partial charge in [-0.05, 0) is 37.1 Å². The molecule has 0 aromatic heterocycles. The number of rotatable bonds is 5. The lowest BCUT2D eigenvalue weighted by molar-refractivity contribution is -0.138. The highest BCUT2D eigenvalue weighted by molar-refractivity contribution is 5.69. The minimum atomic E-state index is -0.741. The van der Waals surface area contributed by atoms with Crippen molar-refractivity contribution in [1.29, 1.82) is 0 Å². The third kappa shape index (κ3) is 4.72. The number of hydrogen-bond acceptors (Lipinski definition) is 4. The largest absolute Gasteiger partial charge is 0.496 e. The zero-order chi connectivity index (χ0) is 15.2. The molecule has 0 radical (unpaired) electrons. The van der Waals surface area contributed by atoms with Crippen molar-refractivity contribution in [2.24, 2.45) is 0 Å². The first-order valence-corrected chi connectivity index (χ1v) is 7.38. The molecule has 0 saturated carbocycles. The van der Waals surface area contributed by atoms with E-state index in [2.05, 4.69) is 24.0 Å². The molecule has 1 N–H and O–H groups in total. The van der Waals surface area contributed by atoms with E-state index >= 15 is 0 Å². The molecule has 5 heteroatoms. The Morgan fingerprint density at radius 2 is 1.95 bits per heavy atom. The van der Waals surface area contributed by atoms with Gasteiger partial charge in [-0.25, -0.2) is 0 Å². The number of aliphatic carboxylic acids is 1. The van der Waals surface area contributed by atoms with Crippen LogP contribution in [-0.4, -0.2) is 60.7 Å². The second-order valence-corrected chi connectivity index (χ2v) is 5.60. The van der Waals surface area contributed by atoms with Crippen LogP contribution in [0.3, 0.4) is 0 Å². The minimum absolute atomic E-state index is 0.148. The molecule has 21 heavy (non-hydrogen) atoms. The quantitative estimate of drug-likeness (QED) is 0.893. The van der Waals surface area contributed by atoms with Gasteiger partial charge in [0.2, 0.25) is 0 Å². The molecule has 1 aliphatic rings.